The molecule has 0 amide bonds. The van der Waals surface area contributed by atoms with E-state index in [4.69, 9.17) is 11.6 Å². The fourth-order valence-corrected chi connectivity index (χ4v) is 2.51. The molecule has 0 fully saturated rings. The van der Waals surface area contributed by atoms with E-state index in [0.29, 0.717) is 16.7 Å². The Hall–Kier alpha value is -1.26. The first-order valence-corrected chi connectivity index (χ1v) is 6.40. The van der Waals surface area contributed by atoms with Crippen molar-refractivity contribution >= 4 is 33.2 Å². The fourth-order valence-electron chi connectivity index (χ4n) is 1.56. The molecule has 0 aromatic heterocycles. The Bertz CT molecular complexity index is 554. The minimum atomic E-state index is -0.403. The molecule has 18 heavy (non-hydrogen) atoms. The lowest BCUT2D eigenvalue weighted by molar-refractivity contribution is 0.469. The smallest absolute Gasteiger partial charge is 0.125 e. The average molecular weight is 331 g/mol. The Morgan fingerprint density at radius 3 is 2.67 bits per heavy atom. The number of aromatic hydroxyl groups is 1. The third kappa shape index (κ3) is 2.94. The second-order valence-corrected chi connectivity index (χ2v) is 4.99. The summed E-state index contributed by atoms with van der Waals surface area (Å²) >= 11 is 9.19. The van der Waals surface area contributed by atoms with Gasteiger partial charge in [-0.05, 0) is 34.1 Å². The number of phenolic OH excluding ortho intramolecular Hbond substituents is 1. The van der Waals surface area contributed by atoms with E-state index < -0.39 is 5.82 Å². The van der Waals surface area contributed by atoms with Gasteiger partial charge in [0.15, 0.2) is 0 Å². The number of hydrogen-bond donors (Lipinski definition) is 2. The van der Waals surface area contributed by atoms with Crippen LogP contribution < -0.4 is 5.32 Å². The zero-order chi connectivity index (χ0) is 13.1. The summed E-state index contributed by atoms with van der Waals surface area (Å²) in [6.07, 6.45) is 0. The Morgan fingerprint density at radius 2 is 2.00 bits per heavy atom. The maximum atomic E-state index is 13.1. The van der Waals surface area contributed by atoms with Crippen LogP contribution >= 0.6 is 27.5 Å². The van der Waals surface area contributed by atoms with Crippen molar-refractivity contribution in [2.75, 3.05) is 5.32 Å². The molecule has 2 rings (SSSR count). The van der Waals surface area contributed by atoms with Gasteiger partial charge in [-0.2, -0.15) is 0 Å². The summed E-state index contributed by atoms with van der Waals surface area (Å²) in [5.41, 5.74) is 1.34. The minimum Gasteiger partial charge on any atom is -0.508 e. The van der Waals surface area contributed by atoms with E-state index >= 15 is 0 Å². The second kappa shape index (κ2) is 5.59. The molecule has 2 nitrogen and oxygen atoms in total. The molecule has 0 heterocycles. The van der Waals surface area contributed by atoms with Gasteiger partial charge in [0, 0.05) is 16.6 Å². The number of hydrogen-bond acceptors (Lipinski definition) is 2. The van der Waals surface area contributed by atoms with Crippen molar-refractivity contribution in [2.24, 2.45) is 0 Å². The zero-order valence-corrected chi connectivity index (χ0v) is 11.6. The molecule has 0 bridgehead atoms. The summed E-state index contributed by atoms with van der Waals surface area (Å²) in [4.78, 5) is 0. The molecule has 2 aromatic carbocycles. The van der Waals surface area contributed by atoms with Crippen LogP contribution in [0.4, 0.5) is 10.1 Å². The molecule has 0 unspecified atom stereocenters. The van der Waals surface area contributed by atoms with Gasteiger partial charge in [-0.15, -0.1) is 0 Å². The molecule has 0 aliphatic rings. The van der Waals surface area contributed by atoms with Crippen molar-refractivity contribution in [2.45, 2.75) is 6.54 Å². The van der Waals surface area contributed by atoms with Crippen LogP contribution in [0, 0.1) is 5.82 Å². The first-order valence-electron chi connectivity index (χ1n) is 5.23. The van der Waals surface area contributed by atoms with Crippen LogP contribution in [0.25, 0.3) is 0 Å². The van der Waals surface area contributed by atoms with Gasteiger partial charge in [-0.25, -0.2) is 4.39 Å². The van der Waals surface area contributed by atoms with E-state index in [2.05, 4.69) is 21.2 Å². The van der Waals surface area contributed by atoms with E-state index in [9.17, 15) is 9.50 Å². The van der Waals surface area contributed by atoms with E-state index in [1.54, 1.807) is 18.2 Å². The molecule has 0 aliphatic carbocycles. The van der Waals surface area contributed by atoms with Crippen molar-refractivity contribution in [3.8, 4) is 5.75 Å². The molecule has 0 saturated heterocycles. The largest absolute Gasteiger partial charge is 0.508 e. The lowest BCUT2D eigenvalue weighted by Crippen LogP contribution is -2.01. The Morgan fingerprint density at radius 1 is 1.28 bits per heavy atom. The Labute approximate surface area is 118 Å². The maximum Gasteiger partial charge on any atom is 0.125 e. The highest BCUT2D eigenvalue weighted by atomic mass is 79.9. The molecule has 2 aromatic rings. The van der Waals surface area contributed by atoms with E-state index in [-0.39, 0.29) is 10.8 Å². The third-order valence-electron chi connectivity index (χ3n) is 2.45. The number of anilines is 1. The predicted octanol–water partition coefficient (Wildman–Crippen LogP) is 4.56. The number of para-hydroxylation sites is 1. The molecule has 0 radical (unpaired) electrons. The number of phenols is 1. The van der Waals surface area contributed by atoms with Crippen LogP contribution in [0.15, 0.2) is 40.9 Å². The summed E-state index contributed by atoms with van der Waals surface area (Å²) in [6.45, 7) is 0.399. The van der Waals surface area contributed by atoms with E-state index in [0.717, 1.165) is 5.56 Å². The number of benzene rings is 2. The standard InChI is InChI=1S/C13H10BrClFNO/c14-10-5-9(16)6-11(15)13(10)17-7-8-3-1-2-4-12(8)18/h1-6,17-18H,7H2. The molecule has 94 valence electrons. The number of rotatable bonds is 3. The van der Waals surface area contributed by atoms with Crippen LogP contribution in [0.1, 0.15) is 5.56 Å². The number of nitrogens with one attached hydrogen (secondary N) is 1. The summed E-state index contributed by atoms with van der Waals surface area (Å²) in [5.74, 6) is -0.195. The van der Waals surface area contributed by atoms with Crippen molar-refractivity contribution < 1.29 is 9.50 Å². The third-order valence-corrected chi connectivity index (χ3v) is 3.38. The predicted molar refractivity (Wildman–Crippen MR) is 74.5 cm³/mol. The first kappa shape index (κ1) is 13.2. The Balaban J connectivity index is 2.19. The second-order valence-electron chi connectivity index (χ2n) is 3.73. The Kier molecular flexibility index (Phi) is 4.09. The maximum absolute atomic E-state index is 13.1. The molecular weight excluding hydrogens is 321 g/mol. The summed E-state index contributed by atoms with van der Waals surface area (Å²) in [5, 5.41) is 13.0. The molecule has 0 spiro atoms. The summed E-state index contributed by atoms with van der Waals surface area (Å²) in [6, 6.07) is 9.56. The fraction of sp³-hybridized carbons (Fsp3) is 0.0769. The lowest BCUT2D eigenvalue weighted by atomic mass is 10.2. The van der Waals surface area contributed by atoms with Gasteiger partial charge in [0.2, 0.25) is 0 Å². The van der Waals surface area contributed by atoms with Crippen LogP contribution in [-0.2, 0) is 6.54 Å². The van der Waals surface area contributed by atoms with Crippen molar-refractivity contribution in [1.82, 2.24) is 0 Å². The molecule has 0 atom stereocenters. The van der Waals surface area contributed by atoms with Gasteiger partial charge in [0.1, 0.15) is 11.6 Å². The van der Waals surface area contributed by atoms with Crippen LogP contribution in [0.3, 0.4) is 0 Å². The van der Waals surface area contributed by atoms with Gasteiger partial charge in [-0.3, -0.25) is 0 Å². The SMILES string of the molecule is Oc1ccccc1CNc1c(Cl)cc(F)cc1Br. The van der Waals surface area contributed by atoms with Crippen molar-refractivity contribution in [3.63, 3.8) is 0 Å². The topological polar surface area (TPSA) is 32.3 Å². The average Bonchev–Trinajstić information content (AvgIpc) is 2.30. The molecule has 0 saturated carbocycles. The van der Waals surface area contributed by atoms with Gasteiger partial charge >= 0.3 is 0 Å². The van der Waals surface area contributed by atoms with E-state index in [1.807, 2.05) is 6.07 Å². The first-order chi connectivity index (χ1) is 8.58. The van der Waals surface area contributed by atoms with Crippen molar-refractivity contribution in [3.05, 3.63) is 57.3 Å². The summed E-state index contributed by atoms with van der Waals surface area (Å²) < 4.78 is 13.6. The molecular formula is C13H10BrClFNO. The number of halogens is 3. The highest BCUT2D eigenvalue weighted by Gasteiger charge is 2.08. The monoisotopic (exact) mass is 329 g/mol. The lowest BCUT2D eigenvalue weighted by Gasteiger charge is -2.11. The zero-order valence-electron chi connectivity index (χ0n) is 9.25. The normalized spacial score (nSPS) is 10.4. The van der Waals surface area contributed by atoms with Crippen LogP contribution in [0.2, 0.25) is 5.02 Å². The van der Waals surface area contributed by atoms with Gasteiger partial charge < -0.3 is 10.4 Å². The molecule has 0 aliphatic heterocycles. The van der Waals surface area contributed by atoms with E-state index in [1.165, 1.54) is 12.1 Å². The van der Waals surface area contributed by atoms with Gasteiger partial charge in [-0.1, -0.05) is 29.8 Å². The van der Waals surface area contributed by atoms with Crippen LogP contribution in [0.5, 0.6) is 5.75 Å². The highest BCUT2D eigenvalue weighted by molar-refractivity contribution is 9.10. The molecule has 2 N–H and O–H groups in total. The van der Waals surface area contributed by atoms with Crippen molar-refractivity contribution in [1.29, 1.82) is 0 Å². The van der Waals surface area contributed by atoms with Gasteiger partial charge in [0.05, 0.1) is 10.7 Å². The summed E-state index contributed by atoms with van der Waals surface area (Å²) in [7, 11) is 0. The minimum absolute atomic E-state index is 0.208. The van der Waals surface area contributed by atoms with Gasteiger partial charge in [0.25, 0.3) is 0 Å². The molecule has 5 heteroatoms. The van der Waals surface area contributed by atoms with Crippen LogP contribution in [-0.4, -0.2) is 5.11 Å². The highest BCUT2D eigenvalue weighted by Crippen LogP contribution is 2.32. The quantitative estimate of drug-likeness (QED) is 0.864.